The minimum atomic E-state index is -0.980. The number of carbonyl (C=O) groups is 1. The van der Waals surface area contributed by atoms with E-state index in [4.69, 9.17) is 23.7 Å². The van der Waals surface area contributed by atoms with Gasteiger partial charge >= 0.3 is 6.09 Å². The fraction of sp³-hybridized carbons (Fsp3) is 0.346. The first-order valence-corrected chi connectivity index (χ1v) is 11.3. The van der Waals surface area contributed by atoms with Crippen LogP contribution in [-0.4, -0.2) is 68.1 Å². The van der Waals surface area contributed by atoms with Crippen LogP contribution in [0.2, 0.25) is 0 Å². The van der Waals surface area contributed by atoms with Gasteiger partial charge in [-0.3, -0.25) is 5.32 Å². The largest absolute Gasteiger partial charge is 0.416 e. The molecule has 0 spiro atoms. The zero-order chi connectivity index (χ0) is 25.7. The van der Waals surface area contributed by atoms with Crippen molar-refractivity contribution in [2.45, 2.75) is 37.6 Å². The van der Waals surface area contributed by atoms with Crippen LogP contribution in [0.3, 0.4) is 0 Å². The van der Waals surface area contributed by atoms with Gasteiger partial charge in [0, 0.05) is 44.3 Å². The fourth-order valence-electron chi connectivity index (χ4n) is 4.14. The number of amides is 1. The van der Waals surface area contributed by atoms with Gasteiger partial charge in [0.1, 0.15) is 24.1 Å². The Bertz CT molecular complexity index is 1160. The molecule has 5 atom stereocenters. The molecule has 1 aromatic heterocycles. The molecule has 1 fully saturated rings. The van der Waals surface area contributed by atoms with Crippen LogP contribution in [0.5, 0.6) is 0 Å². The van der Waals surface area contributed by atoms with E-state index in [2.05, 4.69) is 15.3 Å². The lowest BCUT2D eigenvalue weighted by atomic mass is 9.99. The number of hydrogen-bond acceptors (Lipinski definition) is 8. The maximum Gasteiger partial charge on any atom is 0.414 e. The molecule has 4 rings (SSSR count). The van der Waals surface area contributed by atoms with Crippen molar-refractivity contribution in [3.05, 3.63) is 66.6 Å². The van der Waals surface area contributed by atoms with Gasteiger partial charge in [0.15, 0.2) is 5.82 Å². The van der Waals surface area contributed by atoms with Crippen molar-refractivity contribution in [2.24, 2.45) is 0 Å². The zero-order valence-electron chi connectivity index (χ0n) is 20.4. The molecule has 0 aliphatic carbocycles. The summed E-state index contributed by atoms with van der Waals surface area (Å²) < 4.78 is 41.0. The number of ether oxygens (including phenoxy) is 5. The summed E-state index contributed by atoms with van der Waals surface area (Å²) >= 11 is 0. The van der Waals surface area contributed by atoms with Crippen LogP contribution in [-0.2, 0) is 23.7 Å². The number of halogens is 1. The highest BCUT2D eigenvalue weighted by molar-refractivity contribution is 5.85. The quantitative estimate of drug-likeness (QED) is 0.516. The molecule has 0 bridgehead atoms. The van der Waals surface area contributed by atoms with Crippen molar-refractivity contribution in [3.8, 4) is 22.6 Å². The van der Waals surface area contributed by atoms with E-state index < -0.39 is 24.6 Å². The molecule has 1 N–H and O–H groups in total. The molecule has 36 heavy (non-hydrogen) atoms. The first-order valence-electron chi connectivity index (χ1n) is 11.3. The van der Waals surface area contributed by atoms with Crippen LogP contribution < -0.4 is 5.32 Å². The molecule has 9 nitrogen and oxygen atoms in total. The number of rotatable bonds is 7. The van der Waals surface area contributed by atoms with Crippen molar-refractivity contribution in [3.63, 3.8) is 0 Å². The molecule has 1 saturated heterocycles. The molecular weight excluding hydrogens is 469 g/mol. The smallest absolute Gasteiger partial charge is 0.414 e. The van der Waals surface area contributed by atoms with Gasteiger partial charge in [-0.15, -0.1) is 0 Å². The lowest BCUT2D eigenvalue weighted by Gasteiger charge is -2.43. The van der Waals surface area contributed by atoms with E-state index in [-0.39, 0.29) is 18.0 Å². The maximum absolute atomic E-state index is 13.2. The maximum atomic E-state index is 13.2. The Morgan fingerprint density at radius 2 is 1.53 bits per heavy atom. The van der Waals surface area contributed by atoms with E-state index >= 15 is 0 Å². The van der Waals surface area contributed by atoms with Crippen molar-refractivity contribution >= 4 is 11.8 Å². The summed E-state index contributed by atoms with van der Waals surface area (Å²) in [6.07, 6.45) is -1.94. The third kappa shape index (κ3) is 5.68. The fourth-order valence-corrected chi connectivity index (χ4v) is 4.14. The second kappa shape index (κ2) is 11.5. The Morgan fingerprint density at radius 1 is 0.889 bits per heavy atom. The Kier molecular flexibility index (Phi) is 8.21. The molecule has 190 valence electrons. The monoisotopic (exact) mass is 497 g/mol. The summed E-state index contributed by atoms with van der Waals surface area (Å²) in [5.41, 5.74) is 2.73. The summed E-state index contributed by atoms with van der Waals surface area (Å²) in [6, 6.07) is 14.8. The topological polar surface area (TPSA) is 101 Å². The highest BCUT2D eigenvalue weighted by Crippen LogP contribution is 2.28. The Morgan fingerprint density at radius 3 is 2.17 bits per heavy atom. The van der Waals surface area contributed by atoms with Crippen LogP contribution in [0.25, 0.3) is 22.6 Å². The van der Waals surface area contributed by atoms with Crippen LogP contribution in [0.15, 0.2) is 60.8 Å². The lowest BCUT2D eigenvalue weighted by Crippen LogP contribution is -2.59. The molecule has 2 aromatic carbocycles. The summed E-state index contributed by atoms with van der Waals surface area (Å²) in [6.45, 7) is 1.81. The van der Waals surface area contributed by atoms with Gasteiger partial charge < -0.3 is 23.7 Å². The Hall–Kier alpha value is -3.44. The standard InChI is InChI=1S/C26H28FN3O6/c1-15-21(32-2)22(33-3)23(34-4)25(35-15)36-26(31)29-19-11-7-16(8-12-19)20-13-14-28-24(30-20)17-5-9-18(27)10-6-17/h5-15,21-23,25H,1-4H3,(H,29,31)/t15-,21-,22+,23+,25-/m0/s1. The van der Waals surface area contributed by atoms with Crippen molar-refractivity contribution < 1.29 is 32.9 Å². The van der Waals surface area contributed by atoms with Gasteiger partial charge in [-0.25, -0.2) is 19.2 Å². The summed E-state index contributed by atoms with van der Waals surface area (Å²) in [5.74, 6) is 0.161. The van der Waals surface area contributed by atoms with E-state index in [9.17, 15) is 9.18 Å². The number of carbonyl (C=O) groups excluding carboxylic acids is 1. The molecule has 10 heteroatoms. The number of benzene rings is 2. The highest BCUT2D eigenvalue weighted by Gasteiger charge is 2.47. The lowest BCUT2D eigenvalue weighted by molar-refractivity contribution is -0.288. The minimum absolute atomic E-state index is 0.323. The van der Waals surface area contributed by atoms with Gasteiger partial charge in [-0.05, 0) is 49.4 Å². The van der Waals surface area contributed by atoms with E-state index in [1.54, 1.807) is 50.7 Å². The molecule has 2 heterocycles. The Balaban J connectivity index is 1.42. The zero-order valence-corrected chi connectivity index (χ0v) is 20.4. The number of aromatic nitrogens is 2. The van der Waals surface area contributed by atoms with Gasteiger partial charge in [-0.1, -0.05) is 12.1 Å². The first kappa shape index (κ1) is 25.6. The molecule has 1 amide bonds. The summed E-state index contributed by atoms with van der Waals surface area (Å²) in [4.78, 5) is 21.4. The van der Waals surface area contributed by atoms with Crippen LogP contribution in [0, 0.1) is 5.82 Å². The SMILES string of the molecule is CO[C@@H]1[C@@H](OC)[C@H](C)O[C@@H](OC(=O)Nc2ccc(-c3ccnc(-c4ccc(F)cc4)n3)cc2)[C@@H]1OC. The number of methoxy groups -OCH3 is 3. The van der Waals surface area contributed by atoms with Crippen molar-refractivity contribution in [1.29, 1.82) is 0 Å². The summed E-state index contributed by atoms with van der Waals surface area (Å²) in [5, 5.41) is 2.69. The average Bonchev–Trinajstić information content (AvgIpc) is 2.89. The predicted octanol–water partition coefficient (Wildman–Crippen LogP) is 4.29. The van der Waals surface area contributed by atoms with E-state index in [1.165, 1.54) is 19.2 Å². The third-order valence-electron chi connectivity index (χ3n) is 5.95. The van der Waals surface area contributed by atoms with Crippen LogP contribution >= 0.6 is 0 Å². The Labute approximate surface area is 208 Å². The van der Waals surface area contributed by atoms with Crippen LogP contribution in [0.4, 0.5) is 14.9 Å². The molecule has 3 aromatic rings. The second-order valence-corrected chi connectivity index (χ2v) is 8.19. The minimum Gasteiger partial charge on any atom is -0.416 e. The van der Waals surface area contributed by atoms with Crippen LogP contribution in [0.1, 0.15) is 6.92 Å². The number of hydrogen-bond donors (Lipinski definition) is 1. The normalized spacial score (nSPS) is 23.8. The van der Waals surface area contributed by atoms with E-state index in [1.807, 2.05) is 19.1 Å². The average molecular weight is 498 g/mol. The first-order chi connectivity index (χ1) is 17.4. The molecule has 1 aliphatic rings. The second-order valence-electron chi connectivity index (χ2n) is 8.19. The molecule has 0 radical (unpaired) electrons. The molecule has 0 saturated carbocycles. The van der Waals surface area contributed by atoms with E-state index in [0.717, 1.165) is 5.56 Å². The van der Waals surface area contributed by atoms with E-state index in [0.29, 0.717) is 22.8 Å². The molecule has 1 aliphatic heterocycles. The van der Waals surface area contributed by atoms with Crippen molar-refractivity contribution in [1.82, 2.24) is 9.97 Å². The van der Waals surface area contributed by atoms with Crippen molar-refractivity contribution in [2.75, 3.05) is 26.6 Å². The number of anilines is 1. The van der Waals surface area contributed by atoms with Gasteiger partial charge in [0.05, 0.1) is 11.8 Å². The summed E-state index contributed by atoms with van der Waals surface area (Å²) in [7, 11) is 4.59. The third-order valence-corrected chi connectivity index (χ3v) is 5.95. The van der Waals surface area contributed by atoms with Gasteiger partial charge in [0.25, 0.3) is 0 Å². The molecule has 0 unspecified atom stereocenters. The highest BCUT2D eigenvalue weighted by atomic mass is 19.1. The van der Waals surface area contributed by atoms with Gasteiger partial charge in [0.2, 0.25) is 6.29 Å². The number of nitrogens with zero attached hydrogens (tertiary/aromatic N) is 2. The predicted molar refractivity (Wildman–Crippen MR) is 130 cm³/mol. The molecular formula is C26H28FN3O6. The van der Waals surface area contributed by atoms with Gasteiger partial charge in [-0.2, -0.15) is 0 Å². The number of nitrogens with one attached hydrogen (secondary N) is 1.